The molecule has 0 unspecified atom stereocenters. The Morgan fingerprint density at radius 3 is 2.65 bits per heavy atom. The fraction of sp³-hybridized carbons (Fsp3) is 0.500. The average Bonchev–Trinajstić information content (AvgIpc) is 2.82. The first-order chi connectivity index (χ1) is 9.74. The van der Waals surface area contributed by atoms with E-state index in [1.807, 2.05) is 18.9 Å². The van der Waals surface area contributed by atoms with E-state index in [0.717, 1.165) is 32.7 Å². The molecule has 2 heterocycles. The SMILES string of the molecule is C=CC.CN1CCc2cc(SN3CCNCC3)ccc21. The van der Waals surface area contributed by atoms with Crippen molar-refractivity contribution >= 4 is 17.6 Å². The Kier molecular flexibility index (Phi) is 5.95. The Hall–Kier alpha value is -0.970. The predicted molar refractivity (Wildman–Crippen MR) is 89.6 cm³/mol. The maximum atomic E-state index is 3.39. The first-order valence-electron chi connectivity index (χ1n) is 7.29. The predicted octanol–water partition coefficient (Wildman–Crippen LogP) is 2.78. The highest BCUT2D eigenvalue weighted by atomic mass is 32.2. The first-order valence-corrected chi connectivity index (χ1v) is 8.06. The number of benzene rings is 1. The monoisotopic (exact) mass is 291 g/mol. The van der Waals surface area contributed by atoms with Crippen molar-refractivity contribution in [3.8, 4) is 0 Å². The van der Waals surface area contributed by atoms with E-state index in [1.54, 1.807) is 6.08 Å². The Balaban J connectivity index is 0.000000452. The molecule has 20 heavy (non-hydrogen) atoms. The third-order valence-corrected chi connectivity index (χ3v) is 4.58. The summed E-state index contributed by atoms with van der Waals surface area (Å²) < 4.78 is 2.46. The van der Waals surface area contributed by atoms with E-state index in [4.69, 9.17) is 0 Å². The number of rotatable bonds is 2. The van der Waals surface area contributed by atoms with Crippen LogP contribution < -0.4 is 10.2 Å². The van der Waals surface area contributed by atoms with Gasteiger partial charge in [-0.1, -0.05) is 6.08 Å². The zero-order valence-electron chi connectivity index (χ0n) is 12.6. The Morgan fingerprint density at radius 2 is 1.95 bits per heavy atom. The summed E-state index contributed by atoms with van der Waals surface area (Å²) in [6, 6.07) is 6.89. The summed E-state index contributed by atoms with van der Waals surface area (Å²) >= 11 is 1.91. The Bertz CT molecular complexity index is 441. The molecule has 0 aliphatic carbocycles. The summed E-state index contributed by atoms with van der Waals surface area (Å²) in [5.74, 6) is 0. The van der Waals surface area contributed by atoms with Crippen molar-refractivity contribution in [1.29, 1.82) is 0 Å². The van der Waals surface area contributed by atoms with E-state index in [2.05, 4.69) is 46.3 Å². The number of fused-ring (bicyclic) bond motifs is 1. The lowest BCUT2D eigenvalue weighted by molar-refractivity contribution is 0.396. The lowest BCUT2D eigenvalue weighted by atomic mass is 10.2. The fourth-order valence-corrected chi connectivity index (χ4v) is 3.47. The van der Waals surface area contributed by atoms with Gasteiger partial charge in [0.15, 0.2) is 0 Å². The van der Waals surface area contributed by atoms with Crippen molar-refractivity contribution in [3.63, 3.8) is 0 Å². The van der Waals surface area contributed by atoms with Gasteiger partial charge in [-0.2, -0.15) is 0 Å². The lowest BCUT2D eigenvalue weighted by Gasteiger charge is -2.26. The summed E-state index contributed by atoms with van der Waals surface area (Å²) in [7, 11) is 2.18. The van der Waals surface area contributed by atoms with Crippen LogP contribution in [0.1, 0.15) is 12.5 Å². The molecule has 0 aromatic heterocycles. The molecule has 4 heteroatoms. The van der Waals surface area contributed by atoms with E-state index in [0.29, 0.717) is 0 Å². The van der Waals surface area contributed by atoms with Crippen LogP contribution in [0, 0.1) is 0 Å². The summed E-state index contributed by atoms with van der Waals surface area (Å²) in [6.45, 7) is 10.9. The summed E-state index contributed by atoms with van der Waals surface area (Å²) in [6.07, 6.45) is 2.95. The molecule has 0 atom stereocenters. The molecule has 1 fully saturated rings. The molecule has 1 saturated heterocycles. The molecule has 2 aliphatic heterocycles. The molecule has 3 nitrogen and oxygen atoms in total. The maximum absolute atomic E-state index is 3.39. The number of anilines is 1. The molecule has 1 N–H and O–H groups in total. The number of piperazine rings is 1. The molecule has 0 bridgehead atoms. The van der Waals surface area contributed by atoms with E-state index in [-0.39, 0.29) is 0 Å². The Labute approximate surface area is 127 Å². The van der Waals surface area contributed by atoms with E-state index >= 15 is 0 Å². The first kappa shape index (κ1) is 15.4. The van der Waals surface area contributed by atoms with E-state index in [9.17, 15) is 0 Å². The van der Waals surface area contributed by atoms with Crippen LogP contribution in [0.15, 0.2) is 35.7 Å². The van der Waals surface area contributed by atoms with Gasteiger partial charge in [0.25, 0.3) is 0 Å². The largest absolute Gasteiger partial charge is 0.374 e. The molecule has 1 aromatic carbocycles. The van der Waals surface area contributed by atoms with Crippen LogP contribution in [0.25, 0.3) is 0 Å². The second-order valence-electron chi connectivity index (χ2n) is 5.14. The minimum Gasteiger partial charge on any atom is -0.374 e. The second-order valence-corrected chi connectivity index (χ2v) is 6.31. The number of likely N-dealkylation sites (N-methyl/N-ethyl adjacent to an activating group) is 1. The minimum absolute atomic E-state index is 1.11. The fourth-order valence-electron chi connectivity index (χ4n) is 2.48. The molecule has 0 saturated carbocycles. The lowest BCUT2D eigenvalue weighted by Crippen LogP contribution is -2.39. The van der Waals surface area contributed by atoms with Crippen LogP contribution in [0.5, 0.6) is 0 Å². The highest BCUT2D eigenvalue weighted by Gasteiger charge is 2.17. The molecule has 2 aliphatic rings. The van der Waals surface area contributed by atoms with E-state index < -0.39 is 0 Å². The van der Waals surface area contributed by atoms with Crippen molar-refractivity contribution in [1.82, 2.24) is 9.62 Å². The number of allylic oxidation sites excluding steroid dienone is 1. The zero-order chi connectivity index (χ0) is 14.4. The average molecular weight is 291 g/mol. The third kappa shape index (κ3) is 4.01. The number of nitrogens with zero attached hydrogens (tertiary/aromatic N) is 2. The van der Waals surface area contributed by atoms with Crippen LogP contribution in [0.4, 0.5) is 5.69 Å². The highest BCUT2D eigenvalue weighted by molar-refractivity contribution is 7.97. The maximum Gasteiger partial charge on any atom is 0.0397 e. The van der Waals surface area contributed by atoms with Gasteiger partial charge in [0.2, 0.25) is 0 Å². The molecule has 0 spiro atoms. The molecule has 1 aromatic rings. The van der Waals surface area contributed by atoms with Crippen LogP contribution in [-0.4, -0.2) is 44.1 Å². The van der Waals surface area contributed by atoms with Crippen LogP contribution in [0.3, 0.4) is 0 Å². The Morgan fingerprint density at radius 1 is 1.25 bits per heavy atom. The molecular formula is C16H25N3S. The van der Waals surface area contributed by atoms with Gasteiger partial charge in [0, 0.05) is 50.4 Å². The topological polar surface area (TPSA) is 18.5 Å². The quantitative estimate of drug-likeness (QED) is 0.667. The van der Waals surface area contributed by atoms with Crippen LogP contribution >= 0.6 is 11.9 Å². The number of hydrogen-bond donors (Lipinski definition) is 1. The van der Waals surface area contributed by atoms with Crippen molar-refractivity contribution in [2.75, 3.05) is 44.7 Å². The summed E-state index contributed by atoms with van der Waals surface area (Å²) in [5, 5.41) is 3.39. The van der Waals surface area contributed by atoms with Crippen molar-refractivity contribution in [3.05, 3.63) is 36.4 Å². The zero-order valence-corrected chi connectivity index (χ0v) is 13.4. The van der Waals surface area contributed by atoms with Gasteiger partial charge < -0.3 is 10.2 Å². The van der Waals surface area contributed by atoms with Crippen LogP contribution in [-0.2, 0) is 6.42 Å². The van der Waals surface area contributed by atoms with Gasteiger partial charge in [-0.15, -0.1) is 6.58 Å². The normalized spacial score (nSPS) is 18.2. The smallest absolute Gasteiger partial charge is 0.0397 e. The van der Waals surface area contributed by atoms with Gasteiger partial charge in [0.1, 0.15) is 0 Å². The van der Waals surface area contributed by atoms with Crippen molar-refractivity contribution in [2.24, 2.45) is 0 Å². The van der Waals surface area contributed by atoms with Crippen LogP contribution in [0.2, 0.25) is 0 Å². The van der Waals surface area contributed by atoms with Crippen molar-refractivity contribution < 1.29 is 0 Å². The van der Waals surface area contributed by atoms with Crippen molar-refractivity contribution in [2.45, 2.75) is 18.2 Å². The molecule has 0 radical (unpaired) electrons. The second kappa shape index (κ2) is 7.72. The van der Waals surface area contributed by atoms with Gasteiger partial charge >= 0.3 is 0 Å². The highest BCUT2D eigenvalue weighted by Crippen LogP contribution is 2.32. The molecule has 3 rings (SSSR count). The third-order valence-electron chi connectivity index (χ3n) is 3.49. The van der Waals surface area contributed by atoms with Gasteiger partial charge in [-0.25, -0.2) is 4.31 Å². The molecule has 110 valence electrons. The van der Waals surface area contributed by atoms with Gasteiger partial charge in [-0.3, -0.25) is 0 Å². The minimum atomic E-state index is 1.11. The van der Waals surface area contributed by atoms with E-state index in [1.165, 1.54) is 22.6 Å². The molecule has 0 amide bonds. The van der Waals surface area contributed by atoms with Gasteiger partial charge in [-0.05, 0) is 49.1 Å². The summed E-state index contributed by atoms with van der Waals surface area (Å²) in [5.41, 5.74) is 2.92. The number of hydrogen-bond acceptors (Lipinski definition) is 4. The standard InChI is InChI=1S/C13H19N3S.C3H6/c1-15-7-4-11-10-12(2-3-13(11)15)17-16-8-5-14-6-9-16;1-3-2/h2-3,10,14H,4-9H2,1H3;3H,1H2,2H3. The molecular weight excluding hydrogens is 266 g/mol. The van der Waals surface area contributed by atoms with Gasteiger partial charge in [0.05, 0.1) is 0 Å². The summed E-state index contributed by atoms with van der Waals surface area (Å²) in [4.78, 5) is 3.73. The number of nitrogens with one attached hydrogen (secondary N) is 1.